The zero-order valence-corrected chi connectivity index (χ0v) is 14.4. The van der Waals surface area contributed by atoms with Gasteiger partial charge in [0.25, 0.3) is 0 Å². The van der Waals surface area contributed by atoms with Crippen molar-refractivity contribution in [3.8, 4) is 0 Å². The van der Waals surface area contributed by atoms with Crippen molar-refractivity contribution < 1.29 is 9.18 Å². The van der Waals surface area contributed by atoms with Crippen molar-refractivity contribution in [3.63, 3.8) is 0 Å². The summed E-state index contributed by atoms with van der Waals surface area (Å²) in [6.07, 6.45) is 6.58. The second-order valence-corrected chi connectivity index (χ2v) is 7.11. The van der Waals surface area contributed by atoms with E-state index in [1.54, 1.807) is 6.33 Å². The highest BCUT2D eigenvalue weighted by molar-refractivity contribution is 5.80. The Morgan fingerprint density at radius 1 is 1.32 bits per heavy atom. The second kappa shape index (κ2) is 6.59. The van der Waals surface area contributed by atoms with Crippen molar-refractivity contribution in [2.45, 2.75) is 37.9 Å². The molecule has 0 bridgehead atoms. The Hall–Kier alpha value is -2.21. The van der Waals surface area contributed by atoms with Gasteiger partial charge in [-0.2, -0.15) is 0 Å². The van der Waals surface area contributed by atoms with Gasteiger partial charge in [0.15, 0.2) is 0 Å². The lowest BCUT2D eigenvalue weighted by molar-refractivity contribution is -0.125. The number of fused-ring (bicyclic) bond motifs is 1. The largest absolute Gasteiger partial charge is 0.356 e. The Labute approximate surface area is 146 Å². The smallest absolute Gasteiger partial charge is 0.224 e. The minimum absolute atomic E-state index is 0.0127. The lowest BCUT2D eigenvalue weighted by Gasteiger charge is -2.30. The number of nitrogens with one attached hydrogen (secondary N) is 1. The molecule has 1 amide bonds. The third-order valence-electron chi connectivity index (χ3n) is 5.44. The first-order valence-electron chi connectivity index (χ1n) is 8.87. The van der Waals surface area contributed by atoms with Gasteiger partial charge in [-0.15, -0.1) is 0 Å². The van der Waals surface area contributed by atoms with Crippen LogP contribution in [0.4, 0.5) is 4.39 Å². The van der Waals surface area contributed by atoms with Crippen LogP contribution in [-0.2, 0) is 18.4 Å². The standard InChI is InChI=1S/C19H23FN4O/c1-23-10-15(22-12-23)11-24-17-3-2-8-21-19(25)16(17)9-18(24)13-4-6-14(20)7-5-13/h4-7,10,12,16-18H,2-3,8-9,11H2,1H3,(H,21,25)/t16-,17+,18+/m1/s1. The monoisotopic (exact) mass is 342 g/mol. The van der Waals surface area contributed by atoms with Gasteiger partial charge in [0, 0.05) is 38.4 Å². The van der Waals surface area contributed by atoms with Gasteiger partial charge >= 0.3 is 0 Å². The number of hydrogen-bond donors (Lipinski definition) is 1. The first-order valence-corrected chi connectivity index (χ1v) is 8.87. The Morgan fingerprint density at radius 3 is 2.84 bits per heavy atom. The van der Waals surface area contributed by atoms with Crippen LogP contribution in [0.3, 0.4) is 0 Å². The summed E-state index contributed by atoms with van der Waals surface area (Å²) in [5.74, 6) is -0.0932. The summed E-state index contributed by atoms with van der Waals surface area (Å²) in [6.45, 7) is 1.46. The number of aromatic nitrogens is 2. The Bertz CT molecular complexity index is 757. The van der Waals surface area contributed by atoms with Crippen LogP contribution in [0.1, 0.15) is 36.6 Å². The van der Waals surface area contributed by atoms with E-state index in [2.05, 4.69) is 15.2 Å². The Kier molecular flexibility index (Phi) is 4.29. The van der Waals surface area contributed by atoms with Gasteiger partial charge in [-0.3, -0.25) is 9.69 Å². The molecular weight excluding hydrogens is 319 g/mol. The first kappa shape index (κ1) is 16.3. The van der Waals surface area contributed by atoms with Crippen LogP contribution in [0, 0.1) is 11.7 Å². The molecule has 0 aliphatic carbocycles. The van der Waals surface area contributed by atoms with Gasteiger partial charge in [-0.05, 0) is 37.0 Å². The molecule has 3 heterocycles. The predicted molar refractivity (Wildman–Crippen MR) is 92.0 cm³/mol. The molecule has 1 aromatic heterocycles. The summed E-state index contributed by atoms with van der Waals surface area (Å²) < 4.78 is 15.3. The van der Waals surface area contributed by atoms with Gasteiger partial charge in [-0.25, -0.2) is 9.37 Å². The fourth-order valence-corrected chi connectivity index (χ4v) is 4.27. The molecule has 2 aliphatic rings. The molecule has 5 nitrogen and oxygen atoms in total. The van der Waals surface area contributed by atoms with E-state index in [-0.39, 0.29) is 29.7 Å². The van der Waals surface area contributed by atoms with E-state index >= 15 is 0 Å². The number of carbonyl (C=O) groups is 1. The summed E-state index contributed by atoms with van der Waals surface area (Å²) in [4.78, 5) is 19.4. The molecule has 1 aromatic carbocycles. The maximum atomic E-state index is 13.3. The van der Waals surface area contributed by atoms with Crippen LogP contribution < -0.4 is 5.32 Å². The topological polar surface area (TPSA) is 50.2 Å². The van der Waals surface area contributed by atoms with Crippen LogP contribution in [-0.4, -0.2) is 32.9 Å². The average Bonchev–Trinajstić information content (AvgIpc) is 3.11. The molecule has 3 atom stereocenters. The van der Waals surface area contributed by atoms with E-state index in [4.69, 9.17) is 0 Å². The molecule has 0 radical (unpaired) electrons. The van der Waals surface area contributed by atoms with Crippen LogP contribution in [0.5, 0.6) is 0 Å². The number of rotatable bonds is 3. The Balaban J connectivity index is 1.67. The highest BCUT2D eigenvalue weighted by Crippen LogP contribution is 2.43. The van der Waals surface area contributed by atoms with Crippen molar-refractivity contribution in [1.82, 2.24) is 19.8 Å². The zero-order chi connectivity index (χ0) is 17.4. The molecular formula is C19H23FN4O. The summed E-state index contributed by atoms with van der Waals surface area (Å²) in [5.41, 5.74) is 2.07. The average molecular weight is 342 g/mol. The van der Waals surface area contributed by atoms with Crippen molar-refractivity contribution in [2.24, 2.45) is 13.0 Å². The molecule has 2 saturated heterocycles. The third-order valence-corrected chi connectivity index (χ3v) is 5.44. The number of carbonyl (C=O) groups excluding carboxylic acids is 1. The number of benzene rings is 1. The molecule has 2 aromatic rings. The van der Waals surface area contributed by atoms with E-state index in [9.17, 15) is 9.18 Å². The number of amides is 1. The van der Waals surface area contributed by atoms with Crippen molar-refractivity contribution in [1.29, 1.82) is 0 Å². The number of hydrogen-bond acceptors (Lipinski definition) is 3. The van der Waals surface area contributed by atoms with Crippen LogP contribution in [0.2, 0.25) is 0 Å². The number of aryl methyl sites for hydroxylation is 1. The van der Waals surface area contributed by atoms with E-state index in [0.717, 1.165) is 37.1 Å². The first-order chi connectivity index (χ1) is 12.1. The highest BCUT2D eigenvalue weighted by Gasteiger charge is 2.45. The maximum absolute atomic E-state index is 13.3. The van der Waals surface area contributed by atoms with Crippen molar-refractivity contribution in [3.05, 3.63) is 53.9 Å². The van der Waals surface area contributed by atoms with E-state index in [1.807, 2.05) is 29.9 Å². The molecule has 132 valence electrons. The second-order valence-electron chi connectivity index (χ2n) is 7.11. The number of halogens is 1. The number of nitrogens with zero attached hydrogens (tertiary/aromatic N) is 3. The fourth-order valence-electron chi connectivity index (χ4n) is 4.27. The SMILES string of the molecule is Cn1cnc(CN2[C@H](c3ccc(F)cc3)C[C@H]3C(=O)NCCC[C@@H]32)c1. The van der Waals surface area contributed by atoms with Crippen molar-refractivity contribution >= 4 is 5.91 Å². The number of imidazole rings is 1. The molecule has 0 spiro atoms. The van der Waals surface area contributed by atoms with Gasteiger partial charge in [-0.1, -0.05) is 12.1 Å². The molecule has 1 N–H and O–H groups in total. The lowest BCUT2D eigenvalue weighted by atomic mass is 9.94. The van der Waals surface area contributed by atoms with Gasteiger partial charge in [0.05, 0.1) is 17.9 Å². The Morgan fingerprint density at radius 2 is 2.12 bits per heavy atom. The number of likely N-dealkylation sites (tertiary alicyclic amines) is 1. The molecule has 6 heteroatoms. The molecule has 0 saturated carbocycles. The van der Waals surface area contributed by atoms with Crippen molar-refractivity contribution in [2.75, 3.05) is 6.54 Å². The molecule has 25 heavy (non-hydrogen) atoms. The van der Waals surface area contributed by atoms with Gasteiger partial charge in [0.2, 0.25) is 5.91 Å². The minimum atomic E-state index is -0.231. The molecule has 2 fully saturated rings. The van der Waals surface area contributed by atoms with Crippen LogP contribution in [0.15, 0.2) is 36.8 Å². The van der Waals surface area contributed by atoms with E-state index in [1.165, 1.54) is 12.1 Å². The van der Waals surface area contributed by atoms with Gasteiger partial charge < -0.3 is 9.88 Å². The lowest BCUT2D eigenvalue weighted by Crippen LogP contribution is -2.37. The zero-order valence-electron chi connectivity index (χ0n) is 14.4. The summed E-state index contributed by atoms with van der Waals surface area (Å²) >= 11 is 0. The molecule has 2 aliphatic heterocycles. The predicted octanol–water partition coefficient (Wildman–Crippen LogP) is 2.40. The van der Waals surface area contributed by atoms with E-state index in [0.29, 0.717) is 6.54 Å². The summed E-state index contributed by atoms with van der Waals surface area (Å²) in [7, 11) is 1.96. The summed E-state index contributed by atoms with van der Waals surface area (Å²) in [6, 6.07) is 7.01. The molecule has 4 rings (SSSR count). The van der Waals surface area contributed by atoms with Crippen LogP contribution in [0.25, 0.3) is 0 Å². The fraction of sp³-hybridized carbons (Fsp3) is 0.474. The minimum Gasteiger partial charge on any atom is -0.356 e. The van der Waals surface area contributed by atoms with Gasteiger partial charge in [0.1, 0.15) is 5.82 Å². The van der Waals surface area contributed by atoms with E-state index < -0.39 is 0 Å². The normalized spacial score (nSPS) is 27.0. The summed E-state index contributed by atoms with van der Waals surface area (Å²) in [5, 5.41) is 3.04. The molecule has 0 unspecified atom stereocenters. The maximum Gasteiger partial charge on any atom is 0.224 e. The third kappa shape index (κ3) is 3.18. The highest BCUT2D eigenvalue weighted by atomic mass is 19.1. The quantitative estimate of drug-likeness (QED) is 0.932. The van der Waals surface area contributed by atoms with Crippen LogP contribution >= 0.6 is 0 Å².